The van der Waals surface area contributed by atoms with Gasteiger partial charge >= 0.3 is 0 Å². The van der Waals surface area contributed by atoms with Gasteiger partial charge in [-0.1, -0.05) is 24.3 Å². The Bertz CT molecular complexity index is 895. The number of nitrogens with one attached hydrogen (secondary N) is 1. The second kappa shape index (κ2) is 6.55. The van der Waals surface area contributed by atoms with Crippen molar-refractivity contribution >= 4 is 27.3 Å². The van der Waals surface area contributed by atoms with Crippen molar-refractivity contribution in [2.75, 3.05) is 6.54 Å². The third-order valence-corrected chi connectivity index (χ3v) is 6.92. The fourth-order valence-electron chi connectivity index (χ4n) is 2.80. The lowest BCUT2D eigenvalue weighted by molar-refractivity contribution is 0.0923. The molecule has 1 aromatic heterocycles. The van der Waals surface area contributed by atoms with Crippen LogP contribution in [0, 0.1) is 0 Å². The maximum absolute atomic E-state index is 12.9. The van der Waals surface area contributed by atoms with E-state index in [-0.39, 0.29) is 16.3 Å². The molecule has 7 heteroatoms. The number of sulfonamides is 1. The zero-order chi connectivity index (χ0) is 18.2. The summed E-state index contributed by atoms with van der Waals surface area (Å²) in [6, 6.07) is 9.38. The van der Waals surface area contributed by atoms with E-state index < -0.39 is 10.0 Å². The molecule has 0 fully saturated rings. The van der Waals surface area contributed by atoms with E-state index in [4.69, 9.17) is 0 Å². The number of thiophene rings is 1. The van der Waals surface area contributed by atoms with Crippen LogP contribution >= 0.6 is 11.3 Å². The molecule has 1 aliphatic rings. The van der Waals surface area contributed by atoms with Crippen LogP contribution in [-0.4, -0.2) is 30.7 Å². The smallest absolute Gasteiger partial charge is 0.261 e. The van der Waals surface area contributed by atoms with Crippen LogP contribution in [-0.2, 0) is 23.0 Å². The number of carbonyl (C=O) groups excluding carboxylic acids is 1. The molecular formula is C18H22N2O3S2. The minimum atomic E-state index is -3.60. The molecule has 0 unspecified atom stereocenters. The van der Waals surface area contributed by atoms with E-state index in [0.29, 0.717) is 24.4 Å². The molecule has 25 heavy (non-hydrogen) atoms. The molecule has 0 aliphatic carbocycles. The molecule has 1 aliphatic heterocycles. The van der Waals surface area contributed by atoms with E-state index in [1.165, 1.54) is 15.9 Å². The maximum Gasteiger partial charge on any atom is 0.261 e. The summed E-state index contributed by atoms with van der Waals surface area (Å²) in [4.78, 5) is 12.8. The molecule has 134 valence electrons. The van der Waals surface area contributed by atoms with Gasteiger partial charge in [-0.15, -0.1) is 11.3 Å². The van der Waals surface area contributed by atoms with Gasteiger partial charge in [0.15, 0.2) is 0 Å². The van der Waals surface area contributed by atoms with E-state index >= 15 is 0 Å². The summed E-state index contributed by atoms with van der Waals surface area (Å²) < 4.78 is 27.3. The van der Waals surface area contributed by atoms with Crippen LogP contribution in [0.3, 0.4) is 0 Å². The molecule has 1 N–H and O–H groups in total. The molecule has 2 heterocycles. The quantitative estimate of drug-likeness (QED) is 0.893. The Morgan fingerprint density at radius 2 is 1.88 bits per heavy atom. The summed E-state index contributed by atoms with van der Waals surface area (Å²) in [5, 5.41) is 4.40. The minimum absolute atomic E-state index is 0.191. The van der Waals surface area contributed by atoms with Gasteiger partial charge in [-0.2, -0.15) is 4.31 Å². The number of rotatable bonds is 3. The van der Waals surface area contributed by atoms with Crippen molar-refractivity contribution in [3.8, 4) is 0 Å². The van der Waals surface area contributed by atoms with Crippen molar-refractivity contribution in [2.24, 2.45) is 0 Å². The van der Waals surface area contributed by atoms with Crippen LogP contribution in [0.4, 0.5) is 0 Å². The van der Waals surface area contributed by atoms with Crippen LogP contribution in [0.2, 0.25) is 0 Å². The highest BCUT2D eigenvalue weighted by Crippen LogP contribution is 2.27. The third kappa shape index (κ3) is 3.94. The van der Waals surface area contributed by atoms with E-state index in [1.54, 1.807) is 5.38 Å². The number of amides is 1. The van der Waals surface area contributed by atoms with E-state index in [0.717, 1.165) is 16.9 Å². The SMILES string of the molecule is CC(C)(C)NC(=O)c1cc(S(=O)(=O)N2CCc3ccccc3C2)cs1. The molecule has 0 atom stereocenters. The number of fused-ring (bicyclic) bond motifs is 1. The first-order valence-corrected chi connectivity index (χ1v) is 10.5. The average molecular weight is 379 g/mol. The highest BCUT2D eigenvalue weighted by molar-refractivity contribution is 7.89. The minimum Gasteiger partial charge on any atom is -0.347 e. The molecule has 1 aromatic carbocycles. The van der Waals surface area contributed by atoms with Gasteiger partial charge in [-0.3, -0.25) is 4.79 Å². The van der Waals surface area contributed by atoms with Crippen molar-refractivity contribution in [1.29, 1.82) is 0 Å². The molecule has 0 saturated heterocycles. The Labute approximate surface area is 152 Å². The summed E-state index contributed by atoms with van der Waals surface area (Å²) in [6.07, 6.45) is 0.705. The van der Waals surface area contributed by atoms with Crippen LogP contribution in [0.25, 0.3) is 0 Å². The average Bonchev–Trinajstić information content (AvgIpc) is 3.04. The third-order valence-electron chi connectivity index (χ3n) is 4.02. The molecule has 5 nitrogen and oxygen atoms in total. The fraction of sp³-hybridized carbons (Fsp3) is 0.389. The highest BCUT2D eigenvalue weighted by Gasteiger charge is 2.30. The van der Waals surface area contributed by atoms with Gasteiger partial charge in [0.05, 0.1) is 9.77 Å². The second-order valence-electron chi connectivity index (χ2n) is 7.21. The Morgan fingerprint density at radius 1 is 1.20 bits per heavy atom. The first kappa shape index (κ1) is 18.1. The first-order valence-electron chi connectivity index (χ1n) is 8.15. The Hall–Kier alpha value is -1.70. The zero-order valence-electron chi connectivity index (χ0n) is 14.6. The molecule has 0 spiro atoms. The topological polar surface area (TPSA) is 66.5 Å². The molecule has 3 rings (SSSR count). The summed E-state index contributed by atoms with van der Waals surface area (Å²) in [5.41, 5.74) is 1.87. The number of carbonyl (C=O) groups is 1. The summed E-state index contributed by atoms with van der Waals surface area (Å²) in [6.45, 7) is 6.50. The van der Waals surface area contributed by atoms with Crippen LogP contribution in [0.5, 0.6) is 0 Å². The van der Waals surface area contributed by atoms with Gasteiger partial charge in [0.2, 0.25) is 10.0 Å². The molecular weight excluding hydrogens is 356 g/mol. The summed E-state index contributed by atoms with van der Waals surface area (Å²) in [5.74, 6) is -0.247. The number of benzene rings is 1. The van der Waals surface area contributed by atoms with Crippen LogP contribution in [0.1, 0.15) is 41.6 Å². The lowest BCUT2D eigenvalue weighted by Gasteiger charge is -2.27. The Kier molecular flexibility index (Phi) is 4.74. The molecule has 1 amide bonds. The van der Waals surface area contributed by atoms with Crippen molar-refractivity contribution in [1.82, 2.24) is 9.62 Å². The standard InChI is InChI=1S/C18H22N2O3S2/c1-18(2,3)19-17(21)16-10-15(12-24-16)25(22,23)20-9-8-13-6-4-5-7-14(13)11-20/h4-7,10,12H,8-9,11H2,1-3H3,(H,19,21). The van der Waals surface area contributed by atoms with Crippen molar-refractivity contribution in [3.05, 3.63) is 51.7 Å². The first-order chi connectivity index (χ1) is 11.7. The monoisotopic (exact) mass is 378 g/mol. The molecule has 2 aromatic rings. The normalized spacial score (nSPS) is 15.6. The van der Waals surface area contributed by atoms with E-state index in [2.05, 4.69) is 5.32 Å². The lowest BCUT2D eigenvalue weighted by atomic mass is 10.0. The van der Waals surface area contributed by atoms with Gasteiger partial charge in [0.1, 0.15) is 0 Å². The number of hydrogen-bond acceptors (Lipinski definition) is 4. The summed E-state index contributed by atoms with van der Waals surface area (Å²) in [7, 11) is -3.60. The molecule has 0 bridgehead atoms. The molecule has 0 saturated carbocycles. The predicted octanol–water partition coefficient (Wildman–Crippen LogP) is 3.02. The Balaban J connectivity index is 1.81. The number of nitrogens with zero attached hydrogens (tertiary/aromatic N) is 1. The zero-order valence-corrected chi connectivity index (χ0v) is 16.2. The largest absolute Gasteiger partial charge is 0.347 e. The van der Waals surface area contributed by atoms with E-state index in [1.807, 2.05) is 45.0 Å². The van der Waals surface area contributed by atoms with Crippen molar-refractivity contribution < 1.29 is 13.2 Å². The van der Waals surface area contributed by atoms with Gasteiger partial charge in [-0.25, -0.2) is 8.42 Å². The van der Waals surface area contributed by atoms with Crippen molar-refractivity contribution in [3.63, 3.8) is 0 Å². The molecule has 0 radical (unpaired) electrons. The Morgan fingerprint density at radius 3 is 2.56 bits per heavy atom. The van der Waals surface area contributed by atoms with Gasteiger partial charge in [-0.05, 0) is 44.4 Å². The highest BCUT2D eigenvalue weighted by atomic mass is 32.2. The lowest BCUT2D eigenvalue weighted by Crippen LogP contribution is -2.40. The van der Waals surface area contributed by atoms with E-state index in [9.17, 15) is 13.2 Å². The number of hydrogen-bond donors (Lipinski definition) is 1. The van der Waals surface area contributed by atoms with Crippen LogP contribution < -0.4 is 5.32 Å². The summed E-state index contributed by atoms with van der Waals surface area (Å²) >= 11 is 1.16. The fourth-order valence-corrected chi connectivity index (χ4v) is 5.37. The maximum atomic E-state index is 12.9. The predicted molar refractivity (Wildman–Crippen MR) is 99.3 cm³/mol. The second-order valence-corrected chi connectivity index (χ2v) is 10.1. The van der Waals surface area contributed by atoms with Crippen molar-refractivity contribution in [2.45, 2.75) is 44.2 Å². The van der Waals surface area contributed by atoms with Crippen LogP contribution in [0.15, 0.2) is 40.6 Å². The van der Waals surface area contributed by atoms with Gasteiger partial charge < -0.3 is 5.32 Å². The van der Waals surface area contributed by atoms with Gasteiger partial charge in [0.25, 0.3) is 5.91 Å². The van der Waals surface area contributed by atoms with Gasteiger partial charge in [0, 0.05) is 24.0 Å².